The minimum atomic E-state index is -2.90. The van der Waals surface area contributed by atoms with Gasteiger partial charge in [-0.25, -0.2) is 9.78 Å². The van der Waals surface area contributed by atoms with Gasteiger partial charge in [0.15, 0.2) is 0 Å². The van der Waals surface area contributed by atoms with E-state index in [1.54, 1.807) is 18.2 Å². The standard InChI is InChI=1S/C15H16F2N4O3/c1-23-13-11(8-18-9-20-13)21-15(22)19-7-6-10-4-2-3-5-12(10)24-14(16)17/h2-5,8-9,14H,6-7H2,1H3,(H2,19,21,22). The summed E-state index contributed by atoms with van der Waals surface area (Å²) in [4.78, 5) is 19.5. The van der Waals surface area contributed by atoms with Crippen molar-refractivity contribution in [3.63, 3.8) is 0 Å². The smallest absolute Gasteiger partial charge is 0.387 e. The molecule has 0 saturated carbocycles. The Labute approximate surface area is 137 Å². The molecule has 0 aliphatic carbocycles. The highest BCUT2D eigenvalue weighted by molar-refractivity contribution is 5.90. The topological polar surface area (TPSA) is 85.4 Å². The number of nitrogens with one attached hydrogen (secondary N) is 2. The van der Waals surface area contributed by atoms with Gasteiger partial charge in [0, 0.05) is 6.54 Å². The van der Waals surface area contributed by atoms with Crippen LogP contribution in [-0.4, -0.2) is 36.3 Å². The molecule has 0 bridgehead atoms. The lowest BCUT2D eigenvalue weighted by Crippen LogP contribution is -2.30. The van der Waals surface area contributed by atoms with E-state index in [9.17, 15) is 13.6 Å². The van der Waals surface area contributed by atoms with Gasteiger partial charge in [0.25, 0.3) is 0 Å². The molecule has 1 aromatic heterocycles. The lowest BCUT2D eigenvalue weighted by molar-refractivity contribution is -0.0504. The van der Waals surface area contributed by atoms with Gasteiger partial charge < -0.3 is 20.1 Å². The van der Waals surface area contributed by atoms with Crippen molar-refractivity contribution in [2.24, 2.45) is 0 Å². The molecule has 2 rings (SSSR count). The van der Waals surface area contributed by atoms with Crippen molar-refractivity contribution in [2.75, 3.05) is 19.0 Å². The predicted molar refractivity (Wildman–Crippen MR) is 82.4 cm³/mol. The Bertz CT molecular complexity index is 685. The summed E-state index contributed by atoms with van der Waals surface area (Å²) < 4.78 is 34.1. The maximum Gasteiger partial charge on any atom is 0.387 e. The van der Waals surface area contributed by atoms with E-state index in [1.807, 2.05) is 0 Å². The van der Waals surface area contributed by atoms with Crippen LogP contribution in [0.3, 0.4) is 0 Å². The molecule has 0 radical (unpaired) electrons. The Kier molecular flexibility index (Phi) is 6.23. The molecular weight excluding hydrogens is 322 g/mol. The van der Waals surface area contributed by atoms with Crippen LogP contribution in [0.4, 0.5) is 19.3 Å². The lowest BCUT2D eigenvalue weighted by Gasteiger charge is -2.12. The molecule has 7 nitrogen and oxygen atoms in total. The second-order valence-corrected chi connectivity index (χ2v) is 4.56. The number of benzene rings is 1. The van der Waals surface area contributed by atoms with Gasteiger partial charge in [0.2, 0.25) is 5.88 Å². The largest absolute Gasteiger partial charge is 0.479 e. The predicted octanol–water partition coefficient (Wildman–Crippen LogP) is 2.45. The third kappa shape index (κ3) is 5.04. The monoisotopic (exact) mass is 338 g/mol. The van der Waals surface area contributed by atoms with Crippen LogP contribution in [0.1, 0.15) is 5.56 Å². The van der Waals surface area contributed by atoms with Crippen LogP contribution in [-0.2, 0) is 6.42 Å². The molecule has 0 aliphatic heterocycles. The van der Waals surface area contributed by atoms with Crippen LogP contribution in [0.25, 0.3) is 0 Å². The number of carbonyl (C=O) groups excluding carboxylic acids is 1. The fourth-order valence-electron chi connectivity index (χ4n) is 1.97. The number of anilines is 1. The number of rotatable bonds is 7. The minimum absolute atomic E-state index is 0.0906. The highest BCUT2D eigenvalue weighted by Crippen LogP contribution is 2.20. The van der Waals surface area contributed by atoms with E-state index in [-0.39, 0.29) is 18.2 Å². The summed E-state index contributed by atoms with van der Waals surface area (Å²) in [6.07, 6.45) is 3.03. The van der Waals surface area contributed by atoms with Crippen LogP contribution in [0, 0.1) is 0 Å². The quantitative estimate of drug-likeness (QED) is 0.810. The summed E-state index contributed by atoms with van der Waals surface area (Å²) in [5, 5.41) is 5.15. The van der Waals surface area contributed by atoms with E-state index in [2.05, 4.69) is 25.3 Å². The van der Waals surface area contributed by atoms with Gasteiger partial charge in [-0.3, -0.25) is 0 Å². The van der Waals surface area contributed by atoms with E-state index in [0.29, 0.717) is 17.7 Å². The highest BCUT2D eigenvalue weighted by Gasteiger charge is 2.10. The zero-order chi connectivity index (χ0) is 17.4. The van der Waals surface area contributed by atoms with Crippen LogP contribution < -0.4 is 20.1 Å². The lowest BCUT2D eigenvalue weighted by atomic mass is 10.1. The third-order valence-corrected chi connectivity index (χ3v) is 2.99. The van der Waals surface area contributed by atoms with Crippen molar-refractivity contribution < 1.29 is 23.0 Å². The molecule has 0 saturated heterocycles. The SMILES string of the molecule is COc1ncncc1NC(=O)NCCc1ccccc1OC(F)F. The summed E-state index contributed by atoms with van der Waals surface area (Å²) >= 11 is 0. The van der Waals surface area contributed by atoms with Gasteiger partial charge in [-0.2, -0.15) is 13.8 Å². The Hall–Kier alpha value is -2.97. The second-order valence-electron chi connectivity index (χ2n) is 4.56. The zero-order valence-electron chi connectivity index (χ0n) is 12.8. The van der Waals surface area contributed by atoms with E-state index in [0.717, 1.165) is 0 Å². The summed E-state index contributed by atoms with van der Waals surface area (Å²) in [6.45, 7) is -2.67. The molecular formula is C15H16F2N4O3. The fourth-order valence-corrected chi connectivity index (χ4v) is 1.97. The molecule has 2 amide bonds. The number of carbonyl (C=O) groups is 1. The van der Waals surface area contributed by atoms with Gasteiger partial charge in [0.05, 0.1) is 13.3 Å². The van der Waals surface area contributed by atoms with Gasteiger partial charge >= 0.3 is 12.6 Å². The van der Waals surface area contributed by atoms with Crippen molar-refractivity contribution >= 4 is 11.7 Å². The zero-order valence-corrected chi connectivity index (χ0v) is 12.8. The molecule has 0 aliphatic rings. The second kappa shape index (κ2) is 8.61. The van der Waals surface area contributed by atoms with Gasteiger partial charge in [0.1, 0.15) is 17.8 Å². The van der Waals surface area contributed by atoms with Gasteiger partial charge in [-0.05, 0) is 18.1 Å². The maximum absolute atomic E-state index is 12.3. The number of hydrogen-bond donors (Lipinski definition) is 2. The molecule has 1 aromatic carbocycles. The van der Waals surface area contributed by atoms with Crippen molar-refractivity contribution in [1.82, 2.24) is 15.3 Å². The van der Waals surface area contributed by atoms with Crippen LogP contribution in [0.15, 0.2) is 36.8 Å². The molecule has 9 heteroatoms. The average Bonchev–Trinajstić information content (AvgIpc) is 2.56. The summed E-state index contributed by atoms with van der Waals surface area (Å²) in [5.74, 6) is 0.323. The number of alkyl halides is 2. The highest BCUT2D eigenvalue weighted by atomic mass is 19.3. The Balaban J connectivity index is 1.87. The number of para-hydroxylation sites is 1. The number of amides is 2. The molecule has 24 heavy (non-hydrogen) atoms. The van der Waals surface area contributed by atoms with Crippen LogP contribution >= 0.6 is 0 Å². The molecule has 2 aromatic rings. The van der Waals surface area contributed by atoms with Crippen molar-refractivity contribution in [3.05, 3.63) is 42.4 Å². The maximum atomic E-state index is 12.3. The summed E-state index contributed by atoms with van der Waals surface area (Å²) in [7, 11) is 1.42. The molecule has 128 valence electrons. The first-order valence-corrected chi connectivity index (χ1v) is 7.01. The van der Waals surface area contributed by atoms with Crippen molar-refractivity contribution in [2.45, 2.75) is 13.0 Å². The van der Waals surface area contributed by atoms with Gasteiger partial charge in [-0.1, -0.05) is 18.2 Å². The Morgan fingerprint density at radius 3 is 2.88 bits per heavy atom. The van der Waals surface area contributed by atoms with E-state index < -0.39 is 12.6 Å². The first-order valence-electron chi connectivity index (χ1n) is 7.01. The summed E-state index contributed by atoms with van der Waals surface area (Å²) in [5.41, 5.74) is 0.887. The number of nitrogens with zero attached hydrogens (tertiary/aromatic N) is 2. The number of ether oxygens (including phenoxy) is 2. The molecule has 1 heterocycles. The van der Waals surface area contributed by atoms with Crippen molar-refractivity contribution in [1.29, 1.82) is 0 Å². The minimum Gasteiger partial charge on any atom is -0.479 e. The van der Waals surface area contributed by atoms with Crippen LogP contribution in [0.2, 0.25) is 0 Å². The third-order valence-electron chi connectivity index (χ3n) is 2.99. The Morgan fingerprint density at radius 2 is 2.12 bits per heavy atom. The number of urea groups is 1. The van der Waals surface area contributed by atoms with E-state index in [1.165, 1.54) is 25.7 Å². The number of aromatic nitrogens is 2. The number of methoxy groups -OCH3 is 1. The molecule has 0 fully saturated rings. The van der Waals surface area contributed by atoms with Crippen molar-refractivity contribution in [3.8, 4) is 11.6 Å². The normalized spacial score (nSPS) is 10.3. The van der Waals surface area contributed by atoms with Gasteiger partial charge in [-0.15, -0.1) is 0 Å². The fraction of sp³-hybridized carbons (Fsp3) is 0.267. The first kappa shape index (κ1) is 17.4. The number of halogens is 2. The molecule has 0 spiro atoms. The molecule has 0 unspecified atom stereocenters. The molecule has 2 N–H and O–H groups in total. The average molecular weight is 338 g/mol. The molecule has 0 atom stereocenters. The number of hydrogen-bond acceptors (Lipinski definition) is 5. The Morgan fingerprint density at radius 1 is 1.33 bits per heavy atom. The van der Waals surface area contributed by atoms with E-state index in [4.69, 9.17) is 4.74 Å². The first-order chi connectivity index (χ1) is 11.6. The van der Waals surface area contributed by atoms with Crippen LogP contribution in [0.5, 0.6) is 11.6 Å². The van der Waals surface area contributed by atoms with E-state index >= 15 is 0 Å². The summed E-state index contributed by atoms with van der Waals surface area (Å²) in [6, 6.07) is 5.93.